The summed E-state index contributed by atoms with van der Waals surface area (Å²) in [5, 5.41) is 2.29. The molecule has 0 unspecified atom stereocenters. The highest BCUT2D eigenvalue weighted by Crippen LogP contribution is 2.13. The molecule has 27 heavy (non-hydrogen) atoms. The van der Waals surface area contributed by atoms with Gasteiger partial charge in [-0.25, -0.2) is 0 Å². The number of hydrogen-bond acceptors (Lipinski definition) is 6. The predicted molar refractivity (Wildman–Crippen MR) is 102 cm³/mol. The maximum atomic E-state index is 12.2. The van der Waals surface area contributed by atoms with Gasteiger partial charge in [0.05, 0.1) is 26.3 Å². The molecule has 7 heteroatoms. The molecule has 0 radical (unpaired) electrons. The molecule has 2 aromatic rings. The molecular weight excluding hydrogens is 346 g/mol. The molecule has 0 saturated carbocycles. The van der Waals surface area contributed by atoms with Gasteiger partial charge in [-0.2, -0.15) is 0 Å². The Balaban J connectivity index is 1.85. The minimum atomic E-state index is -0.851. The van der Waals surface area contributed by atoms with E-state index in [4.69, 9.17) is 20.9 Å². The van der Waals surface area contributed by atoms with E-state index in [2.05, 4.69) is 5.32 Å². The first kappa shape index (κ1) is 20.4. The van der Waals surface area contributed by atoms with Crippen LogP contribution in [0.2, 0.25) is 0 Å². The maximum absolute atomic E-state index is 12.2. The standard InChI is InChI=1S/C20H25N3O4/c1-26-15-7-3-13(4-8-15)11-17(21)19(24)23-20(25)18(22)12-14-5-9-16(27-2)10-6-14/h3-10,17-18H,11-12,21-22H2,1-2H3,(H,23,24,25)/t17-,18-/m0/s1. The van der Waals surface area contributed by atoms with Crippen LogP contribution in [0.4, 0.5) is 0 Å². The van der Waals surface area contributed by atoms with Crippen LogP contribution in [0, 0.1) is 0 Å². The second-order valence-electron chi connectivity index (χ2n) is 6.17. The molecule has 0 aliphatic rings. The molecule has 2 aromatic carbocycles. The van der Waals surface area contributed by atoms with Crippen molar-refractivity contribution in [1.82, 2.24) is 5.32 Å². The Kier molecular flexibility index (Phi) is 7.34. The second kappa shape index (κ2) is 9.70. The number of benzene rings is 2. The number of ether oxygens (including phenoxy) is 2. The highest BCUT2D eigenvalue weighted by atomic mass is 16.5. The number of nitrogens with two attached hydrogens (primary N) is 2. The molecule has 0 heterocycles. The number of carbonyl (C=O) groups is 2. The van der Waals surface area contributed by atoms with Gasteiger partial charge in [0, 0.05) is 0 Å². The summed E-state index contributed by atoms with van der Waals surface area (Å²) in [5.74, 6) is 0.329. The Labute approximate surface area is 158 Å². The lowest BCUT2D eigenvalue weighted by Gasteiger charge is -2.15. The fourth-order valence-corrected chi connectivity index (χ4v) is 2.52. The number of nitrogens with one attached hydrogen (secondary N) is 1. The monoisotopic (exact) mass is 371 g/mol. The fraction of sp³-hybridized carbons (Fsp3) is 0.300. The summed E-state index contributed by atoms with van der Waals surface area (Å²) in [7, 11) is 3.16. The largest absolute Gasteiger partial charge is 0.497 e. The third-order valence-corrected chi connectivity index (χ3v) is 4.15. The van der Waals surface area contributed by atoms with E-state index in [1.54, 1.807) is 38.5 Å². The van der Waals surface area contributed by atoms with Crippen LogP contribution in [0.25, 0.3) is 0 Å². The van der Waals surface area contributed by atoms with Crippen molar-refractivity contribution in [3.05, 3.63) is 59.7 Å². The molecule has 2 rings (SSSR count). The highest BCUT2D eigenvalue weighted by molar-refractivity contribution is 6.00. The average Bonchev–Trinajstić information content (AvgIpc) is 2.68. The summed E-state index contributed by atoms with van der Waals surface area (Å²) in [6.07, 6.45) is 0.605. The zero-order valence-corrected chi connectivity index (χ0v) is 15.5. The van der Waals surface area contributed by atoms with Crippen LogP contribution in [0.1, 0.15) is 11.1 Å². The van der Waals surface area contributed by atoms with Crippen LogP contribution in [0.15, 0.2) is 48.5 Å². The van der Waals surface area contributed by atoms with E-state index < -0.39 is 23.9 Å². The van der Waals surface area contributed by atoms with E-state index in [9.17, 15) is 9.59 Å². The van der Waals surface area contributed by atoms with E-state index >= 15 is 0 Å². The number of rotatable bonds is 8. The summed E-state index contributed by atoms with van der Waals surface area (Å²) in [5.41, 5.74) is 13.5. The van der Waals surface area contributed by atoms with Gasteiger partial charge in [0.1, 0.15) is 11.5 Å². The lowest BCUT2D eigenvalue weighted by Crippen LogP contribution is -2.50. The van der Waals surface area contributed by atoms with Crippen LogP contribution in [0.5, 0.6) is 11.5 Å². The Morgan fingerprint density at radius 1 is 0.778 bits per heavy atom. The summed E-state index contributed by atoms with van der Waals surface area (Å²) in [4.78, 5) is 24.3. The third-order valence-electron chi connectivity index (χ3n) is 4.15. The molecule has 144 valence electrons. The lowest BCUT2D eigenvalue weighted by atomic mass is 10.0. The predicted octanol–water partition coefficient (Wildman–Crippen LogP) is 0.786. The maximum Gasteiger partial charge on any atom is 0.243 e. The fourth-order valence-electron chi connectivity index (χ4n) is 2.52. The number of hydrogen-bond donors (Lipinski definition) is 3. The van der Waals surface area contributed by atoms with Gasteiger partial charge < -0.3 is 20.9 Å². The molecule has 2 atom stereocenters. The number of carbonyl (C=O) groups excluding carboxylic acids is 2. The minimum Gasteiger partial charge on any atom is -0.497 e. The van der Waals surface area contributed by atoms with Crippen molar-refractivity contribution in [3.8, 4) is 11.5 Å². The first-order chi connectivity index (χ1) is 12.9. The zero-order valence-electron chi connectivity index (χ0n) is 15.5. The van der Waals surface area contributed by atoms with Crippen LogP contribution < -0.4 is 26.3 Å². The smallest absolute Gasteiger partial charge is 0.243 e. The molecule has 0 aromatic heterocycles. The highest BCUT2D eigenvalue weighted by Gasteiger charge is 2.21. The van der Waals surface area contributed by atoms with Crippen LogP contribution >= 0.6 is 0 Å². The van der Waals surface area contributed by atoms with E-state index in [-0.39, 0.29) is 0 Å². The van der Waals surface area contributed by atoms with E-state index in [1.807, 2.05) is 24.3 Å². The molecule has 0 spiro atoms. The summed E-state index contributed by atoms with van der Waals surface area (Å²) in [6, 6.07) is 12.7. The van der Waals surface area contributed by atoms with Gasteiger partial charge in [-0.15, -0.1) is 0 Å². The van der Waals surface area contributed by atoms with Crippen molar-refractivity contribution in [2.24, 2.45) is 11.5 Å². The summed E-state index contributed by atoms with van der Waals surface area (Å²) >= 11 is 0. The Bertz CT molecular complexity index is 694. The van der Waals surface area contributed by atoms with Crippen molar-refractivity contribution in [2.75, 3.05) is 14.2 Å². The molecule has 0 saturated heterocycles. The molecule has 0 bridgehead atoms. The van der Waals surface area contributed by atoms with Crippen LogP contribution in [-0.4, -0.2) is 38.1 Å². The van der Waals surface area contributed by atoms with Gasteiger partial charge in [0.15, 0.2) is 0 Å². The molecule has 7 nitrogen and oxygen atoms in total. The van der Waals surface area contributed by atoms with Crippen molar-refractivity contribution < 1.29 is 19.1 Å². The summed E-state index contributed by atoms with van der Waals surface area (Å²) < 4.78 is 10.2. The average molecular weight is 371 g/mol. The van der Waals surface area contributed by atoms with Crippen molar-refractivity contribution in [3.63, 3.8) is 0 Å². The lowest BCUT2D eigenvalue weighted by molar-refractivity contribution is -0.131. The number of methoxy groups -OCH3 is 2. The van der Waals surface area contributed by atoms with Gasteiger partial charge in [0.2, 0.25) is 11.8 Å². The molecule has 2 amide bonds. The minimum absolute atomic E-state index is 0.302. The van der Waals surface area contributed by atoms with Gasteiger partial charge in [-0.3, -0.25) is 14.9 Å². The number of imide groups is 1. The zero-order chi connectivity index (χ0) is 19.8. The van der Waals surface area contributed by atoms with Gasteiger partial charge in [0.25, 0.3) is 0 Å². The van der Waals surface area contributed by atoms with Gasteiger partial charge >= 0.3 is 0 Å². The van der Waals surface area contributed by atoms with Gasteiger partial charge in [-0.1, -0.05) is 24.3 Å². The molecule has 0 aliphatic heterocycles. The van der Waals surface area contributed by atoms with Crippen molar-refractivity contribution in [1.29, 1.82) is 0 Å². The van der Waals surface area contributed by atoms with Gasteiger partial charge in [-0.05, 0) is 48.2 Å². The molecular formula is C20H25N3O4. The van der Waals surface area contributed by atoms with Crippen LogP contribution in [-0.2, 0) is 22.4 Å². The SMILES string of the molecule is COc1ccc(C[C@H](N)C(=O)NC(=O)[C@@H](N)Cc2ccc(OC)cc2)cc1. The second-order valence-corrected chi connectivity index (χ2v) is 6.17. The van der Waals surface area contributed by atoms with E-state index in [0.29, 0.717) is 12.8 Å². The number of amides is 2. The van der Waals surface area contributed by atoms with Crippen LogP contribution in [0.3, 0.4) is 0 Å². The quantitative estimate of drug-likeness (QED) is 0.632. The summed E-state index contributed by atoms with van der Waals surface area (Å²) in [6.45, 7) is 0. The molecule has 5 N–H and O–H groups in total. The first-order valence-corrected chi connectivity index (χ1v) is 8.54. The molecule has 0 aliphatic carbocycles. The Morgan fingerprint density at radius 2 is 1.11 bits per heavy atom. The van der Waals surface area contributed by atoms with Crippen molar-refractivity contribution in [2.45, 2.75) is 24.9 Å². The normalized spacial score (nSPS) is 12.7. The molecule has 0 fully saturated rings. The van der Waals surface area contributed by atoms with Crippen molar-refractivity contribution >= 4 is 11.8 Å². The van der Waals surface area contributed by atoms with E-state index in [0.717, 1.165) is 22.6 Å². The Hall–Kier alpha value is -2.90. The topological polar surface area (TPSA) is 117 Å². The third kappa shape index (κ3) is 6.09. The van der Waals surface area contributed by atoms with E-state index in [1.165, 1.54) is 0 Å². The first-order valence-electron chi connectivity index (χ1n) is 8.54. The Morgan fingerprint density at radius 3 is 1.41 bits per heavy atom.